The van der Waals surface area contributed by atoms with E-state index >= 15 is 0 Å². The summed E-state index contributed by atoms with van der Waals surface area (Å²) in [5.74, 6) is 0.435. The Balaban J connectivity index is 1.16. The fraction of sp³-hybridized carbons (Fsp3) is 0.538. The Kier molecular flexibility index (Phi) is 25.3. The van der Waals surface area contributed by atoms with Crippen LogP contribution < -0.4 is 15.4 Å². The van der Waals surface area contributed by atoms with Gasteiger partial charge < -0.3 is 24.8 Å². The van der Waals surface area contributed by atoms with Gasteiger partial charge in [0.25, 0.3) is 0 Å². The van der Waals surface area contributed by atoms with Crippen LogP contribution in [0.5, 0.6) is 5.75 Å². The van der Waals surface area contributed by atoms with Crippen molar-refractivity contribution in [3.8, 4) is 16.9 Å². The summed E-state index contributed by atoms with van der Waals surface area (Å²) in [6.45, 7) is 7.08. The summed E-state index contributed by atoms with van der Waals surface area (Å²) in [5.41, 5.74) is 3.06. The molecule has 11 nitrogen and oxygen atoms in total. The van der Waals surface area contributed by atoms with E-state index in [0.717, 1.165) is 107 Å². The molecule has 11 heteroatoms. The van der Waals surface area contributed by atoms with Gasteiger partial charge in [-0.25, -0.2) is 0 Å². The third-order valence-electron chi connectivity index (χ3n) is 10.4. The molecule has 2 amide bonds. The van der Waals surface area contributed by atoms with Crippen molar-refractivity contribution in [2.24, 2.45) is 0 Å². The predicted molar refractivity (Wildman–Crippen MR) is 247 cm³/mol. The average molecular weight is 869 g/mol. The molecule has 0 saturated heterocycles. The molecule has 2 N–H and O–H groups in total. The van der Waals surface area contributed by atoms with Crippen LogP contribution in [-0.2, 0) is 40.1 Å². The average Bonchev–Trinajstić information content (AvgIpc) is 3.26. The van der Waals surface area contributed by atoms with Crippen LogP contribution in [0.4, 0.5) is 0 Å². The Hall–Kier alpha value is -5.32. The van der Waals surface area contributed by atoms with E-state index < -0.39 is 5.60 Å². The van der Waals surface area contributed by atoms with Crippen LogP contribution in [-0.4, -0.2) is 60.6 Å². The molecular weight excluding hydrogens is 797 g/mol. The second kappa shape index (κ2) is 30.7. The van der Waals surface area contributed by atoms with Crippen molar-refractivity contribution in [3.05, 3.63) is 90.0 Å². The number of benzene rings is 3. The Morgan fingerprint density at radius 3 is 1.65 bits per heavy atom. The first-order chi connectivity index (χ1) is 30.4. The van der Waals surface area contributed by atoms with Crippen molar-refractivity contribution in [2.75, 3.05) is 19.7 Å². The summed E-state index contributed by atoms with van der Waals surface area (Å²) in [6.07, 6.45) is 14.1. The molecule has 0 unspecified atom stereocenters. The van der Waals surface area contributed by atoms with Crippen LogP contribution in [0.3, 0.4) is 0 Å². The molecule has 0 aliphatic carbocycles. The number of ether oxygens (including phenoxy) is 3. The third kappa shape index (κ3) is 25.4. The van der Waals surface area contributed by atoms with Gasteiger partial charge in [-0.1, -0.05) is 99.2 Å². The van der Waals surface area contributed by atoms with Crippen molar-refractivity contribution in [1.29, 1.82) is 0 Å². The zero-order valence-corrected chi connectivity index (χ0v) is 38.2. The van der Waals surface area contributed by atoms with E-state index in [9.17, 15) is 28.8 Å². The highest BCUT2D eigenvalue weighted by Crippen LogP contribution is 2.24. The van der Waals surface area contributed by atoms with Gasteiger partial charge >= 0.3 is 11.9 Å². The number of esters is 2. The van der Waals surface area contributed by atoms with Crippen molar-refractivity contribution >= 4 is 35.3 Å². The first-order valence-electron chi connectivity index (χ1n) is 23.2. The maximum Gasteiger partial charge on any atom is 0.306 e. The van der Waals surface area contributed by atoms with Gasteiger partial charge in [0.2, 0.25) is 11.8 Å². The van der Waals surface area contributed by atoms with Gasteiger partial charge in [-0.3, -0.25) is 28.8 Å². The Labute approximate surface area is 375 Å². The summed E-state index contributed by atoms with van der Waals surface area (Å²) < 4.78 is 16.4. The van der Waals surface area contributed by atoms with E-state index in [1.807, 2.05) is 99.6 Å². The van der Waals surface area contributed by atoms with E-state index in [0.29, 0.717) is 69.5 Å². The maximum atomic E-state index is 13.0. The summed E-state index contributed by atoms with van der Waals surface area (Å²) in [5, 5.41) is 5.90. The molecule has 0 radical (unpaired) electrons. The standard InChI is InChI=1S/C52H72N2O9/c1-52(2,3)63-51(60)31-18-10-20-37-54-48(57)28-15-6-4-13-26-45(55)40-61-46-34-32-42(33-35-46)43-24-21-25-44(38-43)47(56)27-14-5-7-16-29-49(58)53-36-19-9-17-30-50(59)62-39-41-22-11-8-12-23-41/h8,11-12,21-25,32-35,38H,4-7,9-10,13-20,26-31,36-37,39-40H2,1-3H3,(H,53,58)(H,54,57). The molecule has 3 aromatic rings. The van der Waals surface area contributed by atoms with Gasteiger partial charge in [-0.2, -0.15) is 0 Å². The molecule has 0 fully saturated rings. The first-order valence-corrected chi connectivity index (χ1v) is 23.2. The Bertz CT molecular complexity index is 1820. The minimum absolute atomic E-state index is 0.00898. The SMILES string of the molecule is CC(C)(C)OC(=O)CCCCCNC(=O)CCCCCCC(=O)COc1ccc(-c2cccc(C(=O)CCCCCCC(=O)NCCCCCC(=O)OCc3ccccc3)c2)cc1. The largest absolute Gasteiger partial charge is 0.486 e. The fourth-order valence-electron chi connectivity index (χ4n) is 6.86. The maximum absolute atomic E-state index is 13.0. The van der Waals surface area contributed by atoms with E-state index in [1.165, 1.54) is 0 Å². The summed E-state index contributed by atoms with van der Waals surface area (Å²) in [6, 6.07) is 24.7. The number of unbranched alkanes of at least 4 members (excludes halogenated alkanes) is 10. The monoisotopic (exact) mass is 869 g/mol. The quantitative estimate of drug-likeness (QED) is 0.0346. The number of hydrogen-bond donors (Lipinski definition) is 2. The van der Waals surface area contributed by atoms with Crippen molar-refractivity contribution in [2.45, 2.75) is 161 Å². The number of nitrogens with one attached hydrogen (secondary N) is 2. The summed E-state index contributed by atoms with van der Waals surface area (Å²) in [4.78, 5) is 73.4. The van der Waals surface area contributed by atoms with Gasteiger partial charge in [0.1, 0.15) is 24.6 Å². The predicted octanol–water partition coefficient (Wildman–Crippen LogP) is 10.6. The molecule has 0 aliphatic rings. The zero-order valence-electron chi connectivity index (χ0n) is 38.2. The molecule has 63 heavy (non-hydrogen) atoms. The Morgan fingerprint density at radius 1 is 0.508 bits per heavy atom. The van der Waals surface area contributed by atoms with Gasteiger partial charge in [0.15, 0.2) is 11.6 Å². The lowest BCUT2D eigenvalue weighted by atomic mass is 9.98. The fourth-order valence-corrected chi connectivity index (χ4v) is 6.86. The number of carbonyl (C=O) groups excluding carboxylic acids is 6. The van der Waals surface area contributed by atoms with Crippen molar-refractivity contribution in [1.82, 2.24) is 10.6 Å². The number of rotatable bonds is 33. The number of carbonyl (C=O) groups is 6. The molecule has 0 saturated carbocycles. The van der Waals surface area contributed by atoms with Gasteiger partial charge in [0.05, 0.1) is 0 Å². The highest BCUT2D eigenvalue weighted by molar-refractivity contribution is 5.97. The smallest absolute Gasteiger partial charge is 0.306 e. The lowest BCUT2D eigenvalue weighted by molar-refractivity contribution is -0.155. The highest BCUT2D eigenvalue weighted by atomic mass is 16.6. The van der Waals surface area contributed by atoms with Crippen LogP contribution >= 0.6 is 0 Å². The minimum Gasteiger partial charge on any atom is -0.486 e. The molecule has 3 rings (SSSR count). The van der Waals surface area contributed by atoms with E-state index in [4.69, 9.17) is 14.2 Å². The molecule has 0 aromatic heterocycles. The van der Waals surface area contributed by atoms with Gasteiger partial charge in [0, 0.05) is 57.2 Å². The number of amides is 2. The summed E-state index contributed by atoms with van der Waals surface area (Å²) in [7, 11) is 0. The first kappa shape index (κ1) is 52.0. The van der Waals surface area contributed by atoms with E-state index in [-0.39, 0.29) is 41.9 Å². The zero-order chi connectivity index (χ0) is 45.5. The Morgan fingerprint density at radius 2 is 1.05 bits per heavy atom. The lowest BCUT2D eigenvalue weighted by Gasteiger charge is -2.19. The molecule has 0 spiro atoms. The summed E-state index contributed by atoms with van der Waals surface area (Å²) >= 11 is 0. The normalized spacial score (nSPS) is 11.1. The molecular formula is C52H72N2O9. The third-order valence-corrected chi connectivity index (χ3v) is 10.4. The van der Waals surface area contributed by atoms with Crippen LogP contribution in [0.1, 0.15) is 165 Å². The van der Waals surface area contributed by atoms with Gasteiger partial charge in [-0.15, -0.1) is 0 Å². The molecule has 0 heterocycles. The van der Waals surface area contributed by atoms with Crippen LogP contribution in [0.15, 0.2) is 78.9 Å². The number of hydrogen-bond acceptors (Lipinski definition) is 9. The van der Waals surface area contributed by atoms with Crippen LogP contribution in [0.2, 0.25) is 0 Å². The van der Waals surface area contributed by atoms with E-state index in [2.05, 4.69) is 10.6 Å². The van der Waals surface area contributed by atoms with Crippen molar-refractivity contribution in [3.63, 3.8) is 0 Å². The van der Waals surface area contributed by atoms with E-state index in [1.54, 1.807) is 0 Å². The second-order valence-electron chi connectivity index (χ2n) is 17.2. The van der Waals surface area contributed by atoms with Crippen LogP contribution in [0.25, 0.3) is 11.1 Å². The molecule has 344 valence electrons. The van der Waals surface area contributed by atoms with Crippen molar-refractivity contribution < 1.29 is 43.0 Å². The van der Waals surface area contributed by atoms with Gasteiger partial charge in [-0.05, 0) is 107 Å². The molecule has 0 atom stereocenters. The molecule has 0 bridgehead atoms. The second-order valence-corrected chi connectivity index (χ2v) is 17.2. The number of ketones is 2. The minimum atomic E-state index is -0.462. The number of Topliss-reactive ketones (excluding diaryl/α,β-unsaturated/α-hetero) is 2. The van der Waals surface area contributed by atoms with Crippen LogP contribution in [0, 0.1) is 0 Å². The lowest BCUT2D eigenvalue weighted by Crippen LogP contribution is -2.24. The molecule has 0 aliphatic heterocycles. The highest BCUT2D eigenvalue weighted by Gasteiger charge is 2.16. The molecule has 3 aromatic carbocycles. The topological polar surface area (TPSA) is 154 Å².